The minimum Gasteiger partial charge on any atom is -0.399 e. The van der Waals surface area contributed by atoms with Gasteiger partial charge in [0.25, 0.3) is 5.92 Å². The lowest BCUT2D eigenvalue weighted by molar-refractivity contribution is -0.0980. The van der Waals surface area contributed by atoms with Gasteiger partial charge >= 0.3 is 0 Å². The van der Waals surface area contributed by atoms with Crippen molar-refractivity contribution in [3.05, 3.63) is 83.7 Å². The fourth-order valence-corrected chi connectivity index (χ4v) is 4.22. The summed E-state index contributed by atoms with van der Waals surface area (Å²) in [4.78, 5) is 10.4. The number of carbonyl (C=O) groups is 1. The number of halogens is 3. The Morgan fingerprint density at radius 2 is 1.75 bits per heavy atom. The van der Waals surface area contributed by atoms with Gasteiger partial charge in [-0.25, -0.2) is 13.2 Å². The molecule has 0 aliphatic carbocycles. The number of nitriles is 1. The Labute approximate surface area is 236 Å². The molecule has 1 aliphatic heterocycles. The average Bonchev–Trinajstić information content (AvgIpc) is 3.44. The zero-order valence-corrected chi connectivity index (χ0v) is 23.9. The number of anilines is 2. The number of hydrogen-bond acceptors (Lipinski definition) is 5. The van der Waals surface area contributed by atoms with Crippen molar-refractivity contribution in [3.8, 4) is 17.2 Å². The first-order chi connectivity index (χ1) is 19.2. The highest BCUT2D eigenvalue weighted by Crippen LogP contribution is 2.31. The van der Waals surface area contributed by atoms with Gasteiger partial charge in [0.2, 0.25) is 0 Å². The molecule has 3 aromatic rings. The number of carbonyl (C=O) groups excluding carboxylic acids is 1. The Hall–Kier alpha value is -3.83. The van der Waals surface area contributed by atoms with Gasteiger partial charge in [-0.1, -0.05) is 51.5 Å². The maximum absolute atomic E-state index is 13.4. The minimum absolute atomic E-state index is 0.541. The Bertz CT molecular complexity index is 1190. The fourth-order valence-electron chi connectivity index (χ4n) is 4.22. The van der Waals surface area contributed by atoms with Crippen molar-refractivity contribution in [3.63, 3.8) is 0 Å². The zero-order chi connectivity index (χ0) is 30.1. The molecule has 3 N–H and O–H groups in total. The molecule has 1 aliphatic rings. The predicted octanol–water partition coefficient (Wildman–Crippen LogP) is 7.73. The molecule has 0 bridgehead atoms. The zero-order valence-electron chi connectivity index (χ0n) is 23.9. The monoisotopic (exact) mass is 554 g/mol. The molecule has 40 heavy (non-hydrogen) atoms. The number of likely N-dealkylation sites (tertiary alicyclic amines) is 1. The fraction of sp³-hybridized carbons (Fsp3) is 0.375. The second-order valence-corrected chi connectivity index (χ2v) is 9.19. The third-order valence-corrected chi connectivity index (χ3v) is 6.38. The van der Waals surface area contributed by atoms with Gasteiger partial charge < -0.3 is 20.7 Å². The summed E-state index contributed by atoms with van der Waals surface area (Å²) in [5.41, 5.74) is 9.12. The molecule has 3 aromatic carbocycles. The third-order valence-electron chi connectivity index (χ3n) is 6.38. The van der Waals surface area contributed by atoms with Crippen LogP contribution in [0.25, 0.3) is 11.1 Å². The quantitative estimate of drug-likeness (QED) is 0.292. The number of alkyl halides is 2. The van der Waals surface area contributed by atoms with E-state index in [1.165, 1.54) is 25.0 Å². The first-order valence-corrected chi connectivity index (χ1v) is 13.5. The van der Waals surface area contributed by atoms with Crippen molar-refractivity contribution < 1.29 is 18.0 Å². The Balaban J connectivity index is 0.000000370. The van der Waals surface area contributed by atoms with Gasteiger partial charge in [0.15, 0.2) is 0 Å². The number of nitrogens with zero attached hydrogens (tertiary/aromatic N) is 2. The highest BCUT2D eigenvalue weighted by atomic mass is 19.3. The van der Waals surface area contributed by atoms with Gasteiger partial charge in [0, 0.05) is 37.9 Å². The third kappa shape index (κ3) is 11.1. The van der Waals surface area contributed by atoms with Crippen molar-refractivity contribution in [1.82, 2.24) is 4.90 Å². The van der Waals surface area contributed by atoms with E-state index in [0.717, 1.165) is 48.4 Å². The van der Waals surface area contributed by atoms with E-state index in [9.17, 15) is 13.2 Å². The van der Waals surface area contributed by atoms with Gasteiger partial charge in [-0.15, -0.1) is 0 Å². The smallest absolute Gasteiger partial charge is 0.273 e. The Morgan fingerprint density at radius 1 is 1.07 bits per heavy atom. The van der Waals surface area contributed by atoms with Gasteiger partial charge in [0.05, 0.1) is 17.2 Å². The topological polar surface area (TPSA) is 82.2 Å². The van der Waals surface area contributed by atoms with Crippen LogP contribution in [0.2, 0.25) is 0 Å². The maximum Gasteiger partial charge on any atom is 0.273 e. The van der Waals surface area contributed by atoms with Crippen LogP contribution < -0.4 is 11.1 Å². The lowest BCUT2D eigenvalue weighted by atomic mass is 10.0. The summed E-state index contributed by atoms with van der Waals surface area (Å²) in [7, 11) is 0. The number of benzene rings is 3. The highest BCUT2D eigenvalue weighted by molar-refractivity contribution is 5.66. The van der Waals surface area contributed by atoms with E-state index in [0.29, 0.717) is 24.7 Å². The molecule has 0 saturated carbocycles. The minimum atomic E-state index is -3.16. The number of nitrogens with one attached hydrogen (secondary N) is 1. The van der Waals surface area contributed by atoms with Crippen LogP contribution in [0.5, 0.6) is 0 Å². The van der Waals surface area contributed by atoms with Crippen molar-refractivity contribution in [2.24, 2.45) is 5.92 Å². The molecule has 1 heterocycles. The van der Waals surface area contributed by atoms with Crippen molar-refractivity contribution in [1.29, 1.82) is 5.26 Å². The summed E-state index contributed by atoms with van der Waals surface area (Å²) in [5.74, 6) is -3.25. The molecule has 5 nitrogen and oxygen atoms in total. The molecule has 0 spiro atoms. The molecular weight excluding hydrogens is 513 g/mol. The van der Waals surface area contributed by atoms with E-state index in [1.807, 2.05) is 63.1 Å². The van der Waals surface area contributed by atoms with E-state index >= 15 is 0 Å². The van der Waals surface area contributed by atoms with Crippen LogP contribution in [-0.4, -0.2) is 37.9 Å². The first-order valence-electron chi connectivity index (χ1n) is 13.5. The number of rotatable bonds is 7. The summed E-state index contributed by atoms with van der Waals surface area (Å²) in [5, 5.41) is 11.9. The van der Waals surface area contributed by atoms with Crippen LogP contribution >= 0.6 is 0 Å². The van der Waals surface area contributed by atoms with Gasteiger partial charge in [-0.2, -0.15) is 5.26 Å². The Kier molecular flexibility index (Phi) is 15.1. The summed E-state index contributed by atoms with van der Waals surface area (Å²) in [6, 6.07) is 21.1. The molecule has 1 atom stereocenters. The van der Waals surface area contributed by atoms with E-state index in [4.69, 9.17) is 15.8 Å². The summed E-state index contributed by atoms with van der Waals surface area (Å²) < 4.78 is 39.9. The second-order valence-electron chi connectivity index (χ2n) is 9.19. The van der Waals surface area contributed by atoms with E-state index in [-0.39, 0.29) is 0 Å². The van der Waals surface area contributed by atoms with Crippen LogP contribution in [0, 0.1) is 23.1 Å². The molecule has 0 radical (unpaired) electrons. The first kappa shape index (κ1) is 34.2. The summed E-state index contributed by atoms with van der Waals surface area (Å²) >= 11 is 0. The number of nitrogen functional groups attached to an aromatic ring is 1. The SMILES string of the molecule is C=O.CC.CCC1CCN(CCNc2ccc(F)c(C(C)(F)F)c2)C1.N#Cc1cccc(-c2ccc(N)cc2)c1. The van der Waals surface area contributed by atoms with Gasteiger partial charge in [-0.05, 0) is 72.5 Å². The molecule has 0 amide bonds. The second kappa shape index (κ2) is 17.7. The molecule has 1 unspecified atom stereocenters. The Morgan fingerprint density at radius 3 is 2.33 bits per heavy atom. The highest BCUT2D eigenvalue weighted by Gasteiger charge is 2.28. The molecule has 8 heteroatoms. The van der Waals surface area contributed by atoms with Crippen LogP contribution in [0.1, 0.15) is 51.7 Å². The van der Waals surface area contributed by atoms with Crippen molar-refractivity contribution in [2.45, 2.75) is 46.5 Å². The summed E-state index contributed by atoms with van der Waals surface area (Å²) in [6.07, 6.45) is 2.44. The van der Waals surface area contributed by atoms with Gasteiger partial charge in [-0.3, -0.25) is 0 Å². The maximum atomic E-state index is 13.4. The van der Waals surface area contributed by atoms with Crippen LogP contribution in [-0.2, 0) is 10.7 Å². The molecule has 1 saturated heterocycles. The van der Waals surface area contributed by atoms with Crippen LogP contribution in [0.4, 0.5) is 24.5 Å². The van der Waals surface area contributed by atoms with E-state index in [2.05, 4.69) is 23.2 Å². The largest absolute Gasteiger partial charge is 0.399 e. The lowest BCUT2D eigenvalue weighted by Crippen LogP contribution is -2.27. The average molecular weight is 555 g/mol. The van der Waals surface area contributed by atoms with Gasteiger partial charge in [0.1, 0.15) is 12.6 Å². The number of nitrogens with two attached hydrogens (primary N) is 1. The predicted molar refractivity (Wildman–Crippen MR) is 159 cm³/mol. The molecular formula is C32H41F3N4O. The molecule has 0 aromatic heterocycles. The van der Waals surface area contributed by atoms with Crippen LogP contribution in [0.3, 0.4) is 0 Å². The standard InChI is InChI=1S/C16H23F3N2.C13H10N2.C2H6.CH2O/c1-3-12-6-8-21(11-12)9-7-20-13-4-5-15(17)14(10-13)16(2,18)19;14-9-10-2-1-3-12(8-10)11-4-6-13(15)7-5-11;2*1-2/h4-5,10,12,20H,3,6-9,11H2,1-2H3;1-8H,15H2;1-2H3;1H2. The summed E-state index contributed by atoms with van der Waals surface area (Å²) in [6.45, 7) is 12.7. The lowest BCUT2D eigenvalue weighted by Gasteiger charge is -2.17. The molecule has 4 rings (SSSR count). The van der Waals surface area contributed by atoms with Crippen LogP contribution in [0.15, 0.2) is 66.7 Å². The van der Waals surface area contributed by atoms with E-state index < -0.39 is 17.3 Å². The van der Waals surface area contributed by atoms with Crippen molar-refractivity contribution in [2.75, 3.05) is 37.2 Å². The molecule has 1 fully saturated rings. The molecule has 216 valence electrons. The van der Waals surface area contributed by atoms with Crippen molar-refractivity contribution >= 4 is 18.2 Å². The number of hydrogen-bond donors (Lipinski definition) is 2. The van der Waals surface area contributed by atoms with E-state index in [1.54, 1.807) is 6.07 Å². The normalized spacial score (nSPS) is 14.3.